The van der Waals surface area contributed by atoms with Crippen LogP contribution in [0.1, 0.15) is 25.0 Å². The van der Waals surface area contributed by atoms with E-state index < -0.39 is 0 Å². The van der Waals surface area contributed by atoms with Crippen LogP contribution in [-0.4, -0.2) is 12.2 Å². The molecule has 0 aliphatic heterocycles. The van der Waals surface area contributed by atoms with Gasteiger partial charge < -0.3 is 9.84 Å². The monoisotopic (exact) mass is 216 g/mol. The largest absolute Gasteiger partial charge is 0.497 e. The van der Waals surface area contributed by atoms with Crippen LogP contribution in [0.15, 0.2) is 36.4 Å². The molecule has 2 nitrogen and oxygen atoms in total. The highest BCUT2D eigenvalue weighted by molar-refractivity contribution is 5.84. The van der Waals surface area contributed by atoms with Gasteiger partial charge in [-0.05, 0) is 41.0 Å². The molecule has 16 heavy (non-hydrogen) atoms. The molecule has 0 amide bonds. The first-order valence-corrected chi connectivity index (χ1v) is 5.50. The Morgan fingerprint density at radius 2 is 1.88 bits per heavy atom. The number of benzene rings is 2. The number of hydrogen-bond donors (Lipinski definition) is 1. The third-order valence-corrected chi connectivity index (χ3v) is 2.84. The van der Waals surface area contributed by atoms with Crippen LogP contribution in [0.4, 0.5) is 0 Å². The standard InChI is InChI=1S/C14H16O2/c1-3-14(15)11-5-4-10-6-7-13(16-2)9-12(10)8-11/h4-9,14-15H,3H2,1-2H3. The summed E-state index contributed by atoms with van der Waals surface area (Å²) < 4.78 is 5.19. The summed E-state index contributed by atoms with van der Waals surface area (Å²) in [7, 11) is 1.66. The van der Waals surface area contributed by atoms with Crippen molar-refractivity contribution < 1.29 is 9.84 Å². The fraction of sp³-hybridized carbons (Fsp3) is 0.286. The smallest absolute Gasteiger partial charge is 0.119 e. The second-order valence-corrected chi connectivity index (χ2v) is 3.90. The molecule has 0 radical (unpaired) electrons. The average molecular weight is 216 g/mol. The first-order chi connectivity index (χ1) is 7.74. The van der Waals surface area contributed by atoms with Crippen molar-refractivity contribution in [2.24, 2.45) is 0 Å². The normalized spacial score (nSPS) is 12.7. The Kier molecular flexibility index (Phi) is 3.11. The Morgan fingerprint density at radius 3 is 2.56 bits per heavy atom. The highest BCUT2D eigenvalue weighted by Crippen LogP contribution is 2.25. The van der Waals surface area contributed by atoms with Gasteiger partial charge >= 0.3 is 0 Å². The molecule has 0 aliphatic carbocycles. The van der Waals surface area contributed by atoms with Crippen LogP contribution in [0, 0.1) is 0 Å². The maximum Gasteiger partial charge on any atom is 0.119 e. The zero-order valence-corrected chi connectivity index (χ0v) is 9.60. The number of fused-ring (bicyclic) bond motifs is 1. The van der Waals surface area contributed by atoms with Crippen molar-refractivity contribution in [3.05, 3.63) is 42.0 Å². The summed E-state index contributed by atoms with van der Waals surface area (Å²) in [6.45, 7) is 1.97. The van der Waals surface area contributed by atoms with Crippen molar-refractivity contribution in [1.82, 2.24) is 0 Å². The van der Waals surface area contributed by atoms with Crippen LogP contribution in [0.2, 0.25) is 0 Å². The summed E-state index contributed by atoms with van der Waals surface area (Å²) in [5, 5.41) is 12.0. The Labute approximate surface area is 95.5 Å². The maximum atomic E-state index is 9.78. The van der Waals surface area contributed by atoms with Gasteiger partial charge in [0, 0.05) is 0 Å². The Morgan fingerprint density at radius 1 is 1.12 bits per heavy atom. The molecule has 1 unspecified atom stereocenters. The minimum atomic E-state index is -0.379. The lowest BCUT2D eigenvalue weighted by atomic mass is 10.0. The van der Waals surface area contributed by atoms with Gasteiger partial charge in [-0.1, -0.05) is 25.1 Å². The number of ether oxygens (including phenoxy) is 1. The lowest BCUT2D eigenvalue weighted by Gasteiger charge is -2.09. The van der Waals surface area contributed by atoms with E-state index in [-0.39, 0.29) is 6.10 Å². The molecule has 0 heterocycles. The first-order valence-electron chi connectivity index (χ1n) is 5.50. The van der Waals surface area contributed by atoms with Crippen LogP contribution in [0.3, 0.4) is 0 Å². The second-order valence-electron chi connectivity index (χ2n) is 3.90. The zero-order valence-electron chi connectivity index (χ0n) is 9.60. The van der Waals surface area contributed by atoms with Crippen molar-refractivity contribution in [3.63, 3.8) is 0 Å². The predicted octanol–water partition coefficient (Wildman–Crippen LogP) is 3.29. The lowest BCUT2D eigenvalue weighted by molar-refractivity contribution is 0.174. The van der Waals surface area contributed by atoms with Crippen molar-refractivity contribution in [2.45, 2.75) is 19.4 Å². The van der Waals surface area contributed by atoms with E-state index >= 15 is 0 Å². The molecule has 2 aromatic rings. The number of aliphatic hydroxyl groups is 1. The van der Waals surface area contributed by atoms with Crippen LogP contribution in [-0.2, 0) is 0 Å². The fourth-order valence-electron chi connectivity index (χ4n) is 1.81. The van der Waals surface area contributed by atoms with E-state index in [0.29, 0.717) is 0 Å². The van der Waals surface area contributed by atoms with Crippen molar-refractivity contribution >= 4 is 10.8 Å². The molecular weight excluding hydrogens is 200 g/mol. The van der Waals surface area contributed by atoms with Crippen LogP contribution in [0.5, 0.6) is 5.75 Å². The van der Waals surface area contributed by atoms with Crippen LogP contribution < -0.4 is 4.74 Å². The molecule has 2 aromatic carbocycles. The zero-order chi connectivity index (χ0) is 11.5. The van der Waals surface area contributed by atoms with Gasteiger partial charge in [0.1, 0.15) is 5.75 Å². The minimum Gasteiger partial charge on any atom is -0.497 e. The molecule has 0 fully saturated rings. The highest BCUT2D eigenvalue weighted by Gasteiger charge is 2.05. The summed E-state index contributed by atoms with van der Waals surface area (Å²) in [5.41, 5.74) is 0.961. The molecule has 2 rings (SSSR count). The Balaban J connectivity index is 2.50. The van der Waals surface area contributed by atoms with Gasteiger partial charge in [-0.15, -0.1) is 0 Å². The molecule has 0 aliphatic rings. The fourth-order valence-corrected chi connectivity index (χ4v) is 1.81. The molecule has 1 N–H and O–H groups in total. The van der Waals surface area contributed by atoms with Gasteiger partial charge in [0.05, 0.1) is 13.2 Å². The average Bonchev–Trinajstić information content (AvgIpc) is 2.36. The van der Waals surface area contributed by atoms with Gasteiger partial charge in [0.2, 0.25) is 0 Å². The Hall–Kier alpha value is -1.54. The lowest BCUT2D eigenvalue weighted by Crippen LogP contribution is -1.94. The van der Waals surface area contributed by atoms with Crippen LogP contribution in [0.25, 0.3) is 10.8 Å². The number of methoxy groups -OCH3 is 1. The summed E-state index contributed by atoms with van der Waals surface area (Å²) in [6.07, 6.45) is 0.353. The third kappa shape index (κ3) is 2.02. The molecule has 0 saturated heterocycles. The quantitative estimate of drug-likeness (QED) is 0.853. The summed E-state index contributed by atoms with van der Waals surface area (Å²) >= 11 is 0. The molecular formula is C14H16O2. The van der Waals surface area contributed by atoms with Gasteiger partial charge in [-0.25, -0.2) is 0 Å². The van der Waals surface area contributed by atoms with Gasteiger partial charge in [-0.2, -0.15) is 0 Å². The highest BCUT2D eigenvalue weighted by atomic mass is 16.5. The second kappa shape index (κ2) is 4.54. The predicted molar refractivity (Wildman–Crippen MR) is 65.8 cm³/mol. The molecule has 84 valence electrons. The molecule has 0 bridgehead atoms. The molecule has 0 aromatic heterocycles. The van der Waals surface area contributed by atoms with E-state index in [1.807, 2.05) is 43.3 Å². The van der Waals surface area contributed by atoms with Crippen molar-refractivity contribution in [2.75, 3.05) is 7.11 Å². The van der Waals surface area contributed by atoms with E-state index in [9.17, 15) is 5.11 Å². The number of rotatable bonds is 3. The molecule has 2 heteroatoms. The van der Waals surface area contributed by atoms with Gasteiger partial charge in [0.25, 0.3) is 0 Å². The van der Waals surface area contributed by atoms with E-state index in [0.717, 1.165) is 28.5 Å². The van der Waals surface area contributed by atoms with Gasteiger partial charge in [0.15, 0.2) is 0 Å². The van der Waals surface area contributed by atoms with E-state index in [2.05, 4.69) is 0 Å². The first kappa shape index (κ1) is 11.0. The molecule has 1 atom stereocenters. The maximum absolute atomic E-state index is 9.78. The van der Waals surface area contributed by atoms with Crippen molar-refractivity contribution in [3.8, 4) is 5.75 Å². The van der Waals surface area contributed by atoms with E-state index in [1.54, 1.807) is 7.11 Å². The third-order valence-electron chi connectivity index (χ3n) is 2.84. The number of aliphatic hydroxyl groups excluding tert-OH is 1. The SMILES string of the molecule is CCC(O)c1ccc2ccc(OC)cc2c1. The van der Waals surface area contributed by atoms with Crippen molar-refractivity contribution in [1.29, 1.82) is 0 Å². The minimum absolute atomic E-state index is 0.379. The molecule has 0 spiro atoms. The summed E-state index contributed by atoms with van der Waals surface area (Å²) in [4.78, 5) is 0. The van der Waals surface area contributed by atoms with E-state index in [4.69, 9.17) is 4.74 Å². The summed E-state index contributed by atoms with van der Waals surface area (Å²) in [6, 6.07) is 12.0. The van der Waals surface area contributed by atoms with Gasteiger partial charge in [-0.3, -0.25) is 0 Å². The Bertz CT molecular complexity index is 491. The van der Waals surface area contributed by atoms with Crippen LogP contribution >= 0.6 is 0 Å². The summed E-state index contributed by atoms with van der Waals surface area (Å²) in [5.74, 6) is 0.843. The topological polar surface area (TPSA) is 29.5 Å². The van der Waals surface area contributed by atoms with E-state index in [1.165, 1.54) is 0 Å². The molecule has 0 saturated carbocycles. The number of hydrogen-bond acceptors (Lipinski definition) is 2.